The zero-order valence-electron chi connectivity index (χ0n) is 37.2. The number of unbranched alkanes of at least 4 members (excludes halogenated alkanes) is 26. The summed E-state index contributed by atoms with van der Waals surface area (Å²) < 4.78 is 16.7. The second-order valence-electron chi connectivity index (χ2n) is 16.0. The van der Waals surface area contributed by atoms with E-state index in [0.29, 0.717) is 19.3 Å². The average Bonchev–Trinajstić information content (AvgIpc) is 3.19. The summed E-state index contributed by atoms with van der Waals surface area (Å²) in [5.41, 5.74) is 0. The molecule has 0 aromatic rings. The van der Waals surface area contributed by atoms with Crippen LogP contribution in [0.2, 0.25) is 0 Å². The van der Waals surface area contributed by atoms with E-state index in [-0.39, 0.29) is 37.5 Å². The Hall–Kier alpha value is -2.37. The second kappa shape index (κ2) is 45.3. The first kappa shape index (κ1) is 53.6. The van der Waals surface area contributed by atoms with Gasteiger partial charge in [-0.25, -0.2) is 0 Å². The molecule has 1 atom stereocenters. The molecule has 0 aliphatic heterocycles. The Bertz CT molecular complexity index is 953. The lowest BCUT2D eigenvalue weighted by molar-refractivity contribution is -0.166. The number of esters is 3. The molecule has 0 saturated heterocycles. The maximum atomic E-state index is 12.7. The number of hydrogen-bond acceptors (Lipinski definition) is 6. The molecule has 56 heavy (non-hydrogen) atoms. The Labute approximate surface area is 346 Å². The van der Waals surface area contributed by atoms with Crippen LogP contribution in [0.3, 0.4) is 0 Å². The summed E-state index contributed by atoms with van der Waals surface area (Å²) in [6.45, 7) is 6.53. The van der Waals surface area contributed by atoms with Crippen molar-refractivity contribution in [2.75, 3.05) is 13.2 Å². The summed E-state index contributed by atoms with van der Waals surface area (Å²) >= 11 is 0. The Morgan fingerprint density at radius 1 is 0.357 bits per heavy atom. The maximum Gasteiger partial charge on any atom is 0.306 e. The molecule has 0 spiro atoms. The van der Waals surface area contributed by atoms with Crippen LogP contribution < -0.4 is 0 Å². The number of ether oxygens (including phenoxy) is 3. The molecule has 0 rings (SSSR count). The van der Waals surface area contributed by atoms with Crippen molar-refractivity contribution in [1.82, 2.24) is 0 Å². The van der Waals surface area contributed by atoms with E-state index in [4.69, 9.17) is 14.2 Å². The molecule has 1 unspecified atom stereocenters. The quantitative estimate of drug-likeness (QED) is 0.0265. The highest BCUT2D eigenvalue weighted by Crippen LogP contribution is 2.15. The van der Waals surface area contributed by atoms with Gasteiger partial charge in [0.05, 0.1) is 0 Å². The smallest absolute Gasteiger partial charge is 0.306 e. The minimum Gasteiger partial charge on any atom is -0.462 e. The van der Waals surface area contributed by atoms with Crippen LogP contribution >= 0.6 is 0 Å². The van der Waals surface area contributed by atoms with Gasteiger partial charge < -0.3 is 14.2 Å². The van der Waals surface area contributed by atoms with Gasteiger partial charge in [-0.3, -0.25) is 14.4 Å². The van der Waals surface area contributed by atoms with E-state index in [1.165, 1.54) is 128 Å². The number of allylic oxidation sites excluding steroid dienone is 6. The van der Waals surface area contributed by atoms with E-state index in [1.54, 1.807) is 0 Å². The standard InChI is InChI=1S/C50H90O6/c1-4-7-10-13-16-19-22-24-25-27-28-31-34-37-40-43-49(52)55-46-47(45-54-48(51)42-39-36-33-30-21-18-15-12-9-6-3)56-50(53)44-41-38-35-32-29-26-23-20-17-14-11-8-5-2/h15,18,26,29,35,38,47H,4-14,16-17,19-25,27-28,30-34,36-37,39-46H2,1-3H3/b18-15-,29-26-,38-35-. The fourth-order valence-electron chi connectivity index (χ4n) is 6.71. The molecule has 0 aromatic carbocycles. The van der Waals surface area contributed by atoms with Crippen LogP contribution in [0, 0.1) is 0 Å². The summed E-state index contributed by atoms with van der Waals surface area (Å²) in [5, 5.41) is 0. The fraction of sp³-hybridized carbons (Fsp3) is 0.820. The van der Waals surface area contributed by atoms with Crippen LogP contribution in [0.1, 0.15) is 245 Å². The molecule has 0 aliphatic carbocycles. The third-order valence-corrected chi connectivity index (χ3v) is 10.4. The summed E-state index contributed by atoms with van der Waals surface area (Å²) in [6.07, 6.45) is 51.4. The molecule has 0 saturated carbocycles. The topological polar surface area (TPSA) is 78.9 Å². The Kier molecular flexibility index (Phi) is 43.4. The van der Waals surface area contributed by atoms with E-state index >= 15 is 0 Å². The molecule has 6 nitrogen and oxygen atoms in total. The predicted molar refractivity (Wildman–Crippen MR) is 238 cm³/mol. The maximum absolute atomic E-state index is 12.7. The number of carbonyl (C=O) groups excluding carboxylic acids is 3. The molecule has 326 valence electrons. The monoisotopic (exact) mass is 787 g/mol. The summed E-state index contributed by atoms with van der Waals surface area (Å²) in [4.78, 5) is 37.7. The van der Waals surface area contributed by atoms with Gasteiger partial charge in [0.2, 0.25) is 0 Å². The zero-order valence-corrected chi connectivity index (χ0v) is 37.2. The Morgan fingerprint density at radius 3 is 1.12 bits per heavy atom. The van der Waals surface area contributed by atoms with Crippen molar-refractivity contribution >= 4 is 17.9 Å². The van der Waals surface area contributed by atoms with Crippen LogP contribution in [-0.2, 0) is 28.6 Å². The van der Waals surface area contributed by atoms with E-state index in [2.05, 4.69) is 51.2 Å². The fourth-order valence-corrected chi connectivity index (χ4v) is 6.71. The molecule has 0 aliphatic rings. The minimum atomic E-state index is -0.801. The highest BCUT2D eigenvalue weighted by atomic mass is 16.6. The molecule has 0 bridgehead atoms. The van der Waals surface area contributed by atoms with Gasteiger partial charge in [-0.2, -0.15) is 0 Å². The van der Waals surface area contributed by atoms with E-state index in [1.807, 2.05) is 6.08 Å². The largest absolute Gasteiger partial charge is 0.462 e. The van der Waals surface area contributed by atoms with Crippen LogP contribution in [0.25, 0.3) is 0 Å². The molecule has 0 N–H and O–H groups in total. The number of rotatable bonds is 43. The van der Waals surface area contributed by atoms with Gasteiger partial charge in [0.1, 0.15) is 13.2 Å². The average molecular weight is 787 g/mol. The first-order chi connectivity index (χ1) is 27.5. The molecule has 6 heteroatoms. The van der Waals surface area contributed by atoms with Crippen LogP contribution in [0.15, 0.2) is 36.5 Å². The first-order valence-electron chi connectivity index (χ1n) is 24.0. The molecular formula is C50H90O6. The second-order valence-corrected chi connectivity index (χ2v) is 16.0. The van der Waals surface area contributed by atoms with Gasteiger partial charge >= 0.3 is 17.9 Å². The summed E-state index contributed by atoms with van der Waals surface area (Å²) in [5.74, 6) is -0.974. The van der Waals surface area contributed by atoms with Gasteiger partial charge in [-0.15, -0.1) is 0 Å². The first-order valence-corrected chi connectivity index (χ1v) is 24.0. The van der Waals surface area contributed by atoms with Crippen molar-refractivity contribution in [3.8, 4) is 0 Å². The Morgan fingerprint density at radius 2 is 0.696 bits per heavy atom. The van der Waals surface area contributed by atoms with Crippen molar-refractivity contribution in [2.45, 2.75) is 252 Å². The molecule has 0 amide bonds. The lowest BCUT2D eigenvalue weighted by Crippen LogP contribution is -2.30. The number of hydrogen-bond donors (Lipinski definition) is 0. The minimum absolute atomic E-state index is 0.0956. The highest BCUT2D eigenvalue weighted by molar-refractivity contribution is 5.71. The van der Waals surface area contributed by atoms with Gasteiger partial charge in [0.15, 0.2) is 6.10 Å². The molecule has 0 fully saturated rings. The summed E-state index contributed by atoms with van der Waals surface area (Å²) in [7, 11) is 0. The van der Waals surface area contributed by atoms with Crippen LogP contribution in [0.5, 0.6) is 0 Å². The molecule has 0 heterocycles. The summed E-state index contributed by atoms with van der Waals surface area (Å²) in [6, 6.07) is 0. The Balaban J connectivity index is 4.40. The van der Waals surface area contributed by atoms with E-state index < -0.39 is 6.10 Å². The molecule has 0 aromatic heterocycles. The predicted octanol–water partition coefficient (Wildman–Crippen LogP) is 15.4. The number of carbonyl (C=O) groups is 3. The SMILES string of the molecule is CCCC/C=C\CCCCCCC(=O)OCC(COC(=O)CCCCCCCCCCCCCCCCC)OC(=O)CC/C=C\C/C=C\CCCCCCCC. The zero-order chi connectivity index (χ0) is 40.8. The molecule has 0 radical (unpaired) electrons. The van der Waals surface area contributed by atoms with Crippen molar-refractivity contribution in [3.63, 3.8) is 0 Å². The highest BCUT2D eigenvalue weighted by Gasteiger charge is 2.19. The van der Waals surface area contributed by atoms with Crippen molar-refractivity contribution in [1.29, 1.82) is 0 Å². The van der Waals surface area contributed by atoms with Crippen molar-refractivity contribution in [2.24, 2.45) is 0 Å². The third-order valence-electron chi connectivity index (χ3n) is 10.4. The van der Waals surface area contributed by atoms with Gasteiger partial charge in [0, 0.05) is 19.3 Å². The lowest BCUT2D eigenvalue weighted by atomic mass is 10.0. The van der Waals surface area contributed by atoms with E-state index in [0.717, 1.165) is 70.6 Å². The van der Waals surface area contributed by atoms with Crippen LogP contribution in [-0.4, -0.2) is 37.2 Å². The van der Waals surface area contributed by atoms with Gasteiger partial charge in [0.25, 0.3) is 0 Å². The third kappa shape index (κ3) is 42.8. The van der Waals surface area contributed by atoms with Crippen molar-refractivity contribution < 1.29 is 28.6 Å². The van der Waals surface area contributed by atoms with Gasteiger partial charge in [-0.1, -0.05) is 205 Å². The molecular weight excluding hydrogens is 697 g/mol. The van der Waals surface area contributed by atoms with Gasteiger partial charge in [-0.05, 0) is 57.8 Å². The van der Waals surface area contributed by atoms with Crippen LogP contribution in [0.4, 0.5) is 0 Å². The lowest BCUT2D eigenvalue weighted by Gasteiger charge is -2.18. The normalized spacial score (nSPS) is 12.3. The van der Waals surface area contributed by atoms with E-state index in [9.17, 15) is 14.4 Å². The van der Waals surface area contributed by atoms with Crippen molar-refractivity contribution in [3.05, 3.63) is 36.5 Å².